The van der Waals surface area contributed by atoms with Crippen LogP contribution < -0.4 is 5.32 Å². The van der Waals surface area contributed by atoms with Gasteiger partial charge in [0.1, 0.15) is 13.4 Å². The summed E-state index contributed by atoms with van der Waals surface area (Å²) >= 11 is 0. The van der Waals surface area contributed by atoms with Crippen LogP contribution in [0.3, 0.4) is 0 Å². The van der Waals surface area contributed by atoms with Crippen molar-refractivity contribution >= 4 is 0 Å². The van der Waals surface area contributed by atoms with E-state index in [0.717, 1.165) is 6.54 Å². The zero-order valence-electron chi connectivity index (χ0n) is 8.18. The average Bonchev–Trinajstić information content (AvgIpc) is 2.17. The third-order valence-electron chi connectivity index (χ3n) is 1.74. The van der Waals surface area contributed by atoms with Crippen LogP contribution in [-0.2, 0) is 14.2 Å². The monoisotopic (exact) mass is 229 g/mol. The summed E-state index contributed by atoms with van der Waals surface area (Å²) in [5.74, 6) is 0. The zero-order chi connectivity index (χ0) is 11.1. The van der Waals surface area contributed by atoms with Gasteiger partial charge in [-0.15, -0.1) is 0 Å². The van der Waals surface area contributed by atoms with Crippen molar-refractivity contribution < 1.29 is 27.4 Å². The third kappa shape index (κ3) is 6.67. The molecule has 1 fully saturated rings. The van der Waals surface area contributed by atoms with Crippen molar-refractivity contribution in [2.24, 2.45) is 0 Å². The molecule has 0 radical (unpaired) electrons. The van der Waals surface area contributed by atoms with Crippen molar-refractivity contribution in [1.82, 2.24) is 5.32 Å². The molecule has 4 nitrogen and oxygen atoms in total. The lowest BCUT2D eigenvalue weighted by molar-refractivity contribution is -0.200. The Morgan fingerprint density at radius 3 is 2.73 bits per heavy atom. The minimum absolute atomic E-state index is 0.103. The maximum absolute atomic E-state index is 11.6. The van der Waals surface area contributed by atoms with E-state index >= 15 is 0 Å². The van der Waals surface area contributed by atoms with Crippen LogP contribution in [0.25, 0.3) is 0 Å². The number of ether oxygens (including phenoxy) is 3. The van der Waals surface area contributed by atoms with Crippen molar-refractivity contribution in [3.05, 3.63) is 0 Å². The fourth-order valence-electron chi connectivity index (χ4n) is 1.12. The first-order valence-electron chi connectivity index (χ1n) is 4.62. The SMILES string of the molecule is FC(F)(F)COCOCC1CNCCO1. The summed E-state index contributed by atoms with van der Waals surface area (Å²) in [5, 5.41) is 3.07. The minimum Gasteiger partial charge on any atom is -0.373 e. The second-order valence-electron chi connectivity index (χ2n) is 3.15. The standard InChI is InChI=1S/C8H14F3NO3/c9-8(10,11)5-14-6-13-4-7-3-12-1-2-15-7/h7,12H,1-6H2. The number of nitrogens with one attached hydrogen (secondary N) is 1. The molecule has 1 unspecified atom stereocenters. The summed E-state index contributed by atoms with van der Waals surface area (Å²) in [7, 11) is 0. The van der Waals surface area contributed by atoms with Crippen LogP contribution in [0.1, 0.15) is 0 Å². The first-order chi connectivity index (χ1) is 7.08. The summed E-state index contributed by atoms with van der Waals surface area (Å²) in [6.07, 6.45) is -4.40. The fraction of sp³-hybridized carbons (Fsp3) is 1.00. The van der Waals surface area contributed by atoms with E-state index in [4.69, 9.17) is 9.47 Å². The predicted octanol–water partition coefficient (Wildman–Crippen LogP) is 0.528. The Kier molecular flexibility index (Phi) is 5.30. The lowest BCUT2D eigenvalue weighted by atomic mass is 10.3. The van der Waals surface area contributed by atoms with E-state index < -0.39 is 12.8 Å². The first-order valence-corrected chi connectivity index (χ1v) is 4.62. The van der Waals surface area contributed by atoms with Gasteiger partial charge in [0.2, 0.25) is 0 Å². The molecule has 1 N–H and O–H groups in total. The molecule has 0 aliphatic carbocycles. The summed E-state index contributed by atoms with van der Waals surface area (Å²) in [5.41, 5.74) is 0. The molecule has 0 aromatic carbocycles. The van der Waals surface area contributed by atoms with Gasteiger partial charge in [-0.05, 0) is 0 Å². The molecule has 1 heterocycles. The molecule has 0 aromatic rings. The summed E-state index contributed by atoms with van der Waals surface area (Å²) in [4.78, 5) is 0. The molecule has 0 bridgehead atoms. The van der Waals surface area contributed by atoms with Crippen molar-refractivity contribution in [3.8, 4) is 0 Å². The molecular weight excluding hydrogens is 215 g/mol. The maximum Gasteiger partial charge on any atom is 0.411 e. The Hall–Kier alpha value is -0.370. The van der Waals surface area contributed by atoms with Crippen LogP contribution in [0.5, 0.6) is 0 Å². The fourth-order valence-corrected chi connectivity index (χ4v) is 1.12. The number of rotatable bonds is 5. The van der Waals surface area contributed by atoms with E-state index in [1.807, 2.05) is 0 Å². The van der Waals surface area contributed by atoms with Crippen molar-refractivity contribution in [2.45, 2.75) is 12.3 Å². The lowest BCUT2D eigenvalue weighted by Crippen LogP contribution is -2.41. The Bertz CT molecular complexity index is 171. The molecule has 1 saturated heterocycles. The summed E-state index contributed by atoms with van der Waals surface area (Å²) < 4.78 is 49.3. The molecule has 1 aliphatic heterocycles. The molecule has 15 heavy (non-hydrogen) atoms. The molecule has 90 valence electrons. The number of morpholine rings is 1. The van der Waals surface area contributed by atoms with E-state index in [1.54, 1.807) is 0 Å². The summed E-state index contributed by atoms with van der Waals surface area (Å²) in [6, 6.07) is 0. The minimum atomic E-state index is -4.30. The Morgan fingerprint density at radius 1 is 1.33 bits per heavy atom. The molecular formula is C8H14F3NO3. The van der Waals surface area contributed by atoms with Crippen LogP contribution in [-0.4, -0.2) is 52.0 Å². The topological polar surface area (TPSA) is 39.7 Å². The van der Waals surface area contributed by atoms with E-state index in [-0.39, 0.29) is 19.5 Å². The smallest absolute Gasteiger partial charge is 0.373 e. The van der Waals surface area contributed by atoms with Gasteiger partial charge in [-0.25, -0.2) is 0 Å². The predicted molar refractivity (Wildman–Crippen MR) is 45.4 cm³/mol. The van der Waals surface area contributed by atoms with E-state index in [9.17, 15) is 13.2 Å². The van der Waals surface area contributed by atoms with Gasteiger partial charge in [0.25, 0.3) is 0 Å². The highest BCUT2D eigenvalue weighted by molar-refractivity contribution is 4.65. The van der Waals surface area contributed by atoms with E-state index in [0.29, 0.717) is 13.2 Å². The van der Waals surface area contributed by atoms with Crippen molar-refractivity contribution in [3.63, 3.8) is 0 Å². The van der Waals surface area contributed by atoms with Crippen LogP contribution >= 0.6 is 0 Å². The van der Waals surface area contributed by atoms with Gasteiger partial charge in [0.15, 0.2) is 0 Å². The van der Waals surface area contributed by atoms with Crippen LogP contribution in [0, 0.1) is 0 Å². The highest BCUT2D eigenvalue weighted by Gasteiger charge is 2.27. The Morgan fingerprint density at radius 2 is 2.13 bits per heavy atom. The van der Waals surface area contributed by atoms with Gasteiger partial charge in [-0.1, -0.05) is 0 Å². The van der Waals surface area contributed by atoms with E-state index in [1.165, 1.54) is 0 Å². The average molecular weight is 229 g/mol. The maximum atomic E-state index is 11.6. The third-order valence-corrected chi connectivity index (χ3v) is 1.74. The molecule has 1 aliphatic rings. The van der Waals surface area contributed by atoms with Gasteiger partial charge in [0, 0.05) is 13.1 Å². The quantitative estimate of drug-likeness (QED) is 0.551. The first kappa shape index (κ1) is 12.7. The summed E-state index contributed by atoms with van der Waals surface area (Å²) in [6.45, 7) is 0.638. The van der Waals surface area contributed by atoms with Gasteiger partial charge >= 0.3 is 6.18 Å². The molecule has 0 spiro atoms. The van der Waals surface area contributed by atoms with Gasteiger partial charge in [-0.2, -0.15) is 13.2 Å². The van der Waals surface area contributed by atoms with Crippen LogP contribution in [0.4, 0.5) is 13.2 Å². The highest BCUT2D eigenvalue weighted by Crippen LogP contribution is 2.14. The zero-order valence-corrected chi connectivity index (χ0v) is 8.18. The number of hydrogen-bond donors (Lipinski definition) is 1. The molecule has 0 amide bonds. The molecule has 1 rings (SSSR count). The Balaban J connectivity index is 1.92. The molecule has 0 aromatic heterocycles. The largest absolute Gasteiger partial charge is 0.411 e. The second-order valence-corrected chi connectivity index (χ2v) is 3.15. The lowest BCUT2D eigenvalue weighted by Gasteiger charge is -2.23. The van der Waals surface area contributed by atoms with Gasteiger partial charge < -0.3 is 19.5 Å². The molecule has 7 heteroatoms. The molecule has 1 atom stereocenters. The van der Waals surface area contributed by atoms with Crippen molar-refractivity contribution in [1.29, 1.82) is 0 Å². The van der Waals surface area contributed by atoms with Crippen molar-refractivity contribution in [2.75, 3.05) is 39.7 Å². The second kappa shape index (κ2) is 6.26. The molecule has 0 saturated carbocycles. The normalized spacial score (nSPS) is 23.0. The van der Waals surface area contributed by atoms with Crippen LogP contribution in [0.15, 0.2) is 0 Å². The number of halogens is 3. The van der Waals surface area contributed by atoms with E-state index in [2.05, 4.69) is 10.1 Å². The number of alkyl halides is 3. The Labute approximate surface area is 85.7 Å². The van der Waals surface area contributed by atoms with Gasteiger partial charge in [-0.3, -0.25) is 0 Å². The van der Waals surface area contributed by atoms with Crippen LogP contribution in [0.2, 0.25) is 0 Å². The highest BCUT2D eigenvalue weighted by atomic mass is 19.4. The van der Waals surface area contributed by atoms with Gasteiger partial charge in [0.05, 0.1) is 19.3 Å². The number of hydrogen-bond acceptors (Lipinski definition) is 4.